The quantitative estimate of drug-likeness (QED) is 0.470. The Morgan fingerprint density at radius 3 is 2.48 bits per heavy atom. The summed E-state index contributed by atoms with van der Waals surface area (Å²) in [7, 11) is 0. The van der Waals surface area contributed by atoms with Crippen LogP contribution < -0.4 is 16.8 Å². The van der Waals surface area contributed by atoms with Crippen LogP contribution in [0.1, 0.15) is 81.7 Å². The Kier molecular flexibility index (Phi) is 6.57. The summed E-state index contributed by atoms with van der Waals surface area (Å²) in [5.74, 6) is -0.198. The zero-order chi connectivity index (χ0) is 24.5. The van der Waals surface area contributed by atoms with Gasteiger partial charge in [0.05, 0.1) is 11.6 Å². The zero-order valence-corrected chi connectivity index (χ0v) is 19.8. The molecule has 0 saturated heterocycles. The maximum atomic E-state index is 12.7. The number of rotatable bonds is 8. The van der Waals surface area contributed by atoms with Gasteiger partial charge in [0.2, 0.25) is 5.91 Å². The molecule has 0 aliphatic heterocycles. The molecule has 1 atom stereocenters. The number of hydrogen-bond donors (Lipinski definition) is 3. The first kappa shape index (κ1) is 24.0. The van der Waals surface area contributed by atoms with Gasteiger partial charge in [0, 0.05) is 29.3 Å². The van der Waals surface area contributed by atoms with Crippen molar-refractivity contribution in [1.29, 1.82) is 0 Å². The smallest absolute Gasteiger partial charge is 0.254 e. The third kappa shape index (κ3) is 4.74. The van der Waals surface area contributed by atoms with Crippen LogP contribution in [0.15, 0.2) is 28.9 Å². The predicted molar refractivity (Wildman–Crippen MR) is 126 cm³/mol. The largest absolute Gasteiger partial charge is 0.383 e. The number of anilines is 2. The first-order valence-corrected chi connectivity index (χ1v) is 10.9. The van der Waals surface area contributed by atoms with Gasteiger partial charge in [-0.25, -0.2) is 4.68 Å². The Morgan fingerprint density at radius 1 is 1.24 bits per heavy atom. The third-order valence-corrected chi connectivity index (χ3v) is 5.89. The van der Waals surface area contributed by atoms with Gasteiger partial charge in [-0.1, -0.05) is 25.9 Å². The maximum absolute atomic E-state index is 12.7. The second kappa shape index (κ2) is 9.05. The summed E-state index contributed by atoms with van der Waals surface area (Å²) in [5.41, 5.74) is 13.1. The summed E-state index contributed by atoms with van der Waals surface area (Å²) >= 11 is 0. The van der Waals surface area contributed by atoms with Gasteiger partial charge >= 0.3 is 0 Å². The number of carbonyl (C=O) groups excluding carboxylic acids is 2. The van der Waals surface area contributed by atoms with Gasteiger partial charge < -0.3 is 21.3 Å². The molecule has 3 aromatic heterocycles. The van der Waals surface area contributed by atoms with Crippen molar-refractivity contribution in [3.8, 4) is 11.3 Å². The van der Waals surface area contributed by atoms with Crippen LogP contribution in [0.25, 0.3) is 11.3 Å². The number of nitrogens with zero attached hydrogens (tertiary/aromatic N) is 4. The Balaban J connectivity index is 1.80. The average Bonchev–Trinajstić information content (AvgIpc) is 3.38. The van der Waals surface area contributed by atoms with Crippen LogP contribution in [-0.2, 0) is 10.2 Å². The van der Waals surface area contributed by atoms with Crippen LogP contribution in [-0.4, -0.2) is 31.7 Å². The molecule has 0 bridgehead atoms. The standard InChI is InChI=1S/C23H31N7O3/c1-7-23(5,6)16-10-17(29-33-16)27-22(32)13(4)15-9-8-14(11-26-15)19-18(21(25)31)20(24)30(28-19)12(2)3/h8-13H,7,24H2,1-6H3,(H2,25,31)(H,27,29,32). The Labute approximate surface area is 192 Å². The Bertz CT molecular complexity index is 1160. The molecule has 10 heteroatoms. The van der Waals surface area contributed by atoms with Crippen LogP contribution in [0.5, 0.6) is 0 Å². The molecule has 3 rings (SSSR count). The number of amides is 2. The van der Waals surface area contributed by atoms with E-state index in [4.69, 9.17) is 16.0 Å². The van der Waals surface area contributed by atoms with E-state index in [1.807, 2.05) is 13.8 Å². The monoisotopic (exact) mass is 453 g/mol. The number of carbonyl (C=O) groups is 2. The molecule has 0 spiro atoms. The van der Waals surface area contributed by atoms with Crippen molar-refractivity contribution in [3.05, 3.63) is 41.4 Å². The number of primary amides is 1. The van der Waals surface area contributed by atoms with Gasteiger partial charge in [0.25, 0.3) is 5.91 Å². The number of pyridine rings is 1. The molecule has 0 radical (unpaired) electrons. The van der Waals surface area contributed by atoms with Crippen molar-refractivity contribution in [2.24, 2.45) is 5.73 Å². The fourth-order valence-corrected chi connectivity index (χ4v) is 3.28. The molecule has 5 N–H and O–H groups in total. The van der Waals surface area contributed by atoms with Gasteiger partial charge in [0.15, 0.2) is 5.82 Å². The highest BCUT2D eigenvalue weighted by atomic mass is 16.5. The first-order valence-electron chi connectivity index (χ1n) is 10.9. The first-order chi connectivity index (χ1) is 15.5. The van der Waals surface area contributed by atoms with Crippen LogP contribution in [0.4, 0.5) is 11.6 Å². The maximum Gasteiger partial charge on any atom is 0.254 e. The Hall–Kier alpha value is -3.69. The molecule has 2 amide bonds. The second-order valence-corrected chi connectivity index (χ2v) is 9.01. The lowest BCUT2D eigenvalue weighted by molar-refractivity contribution is -0.117. The molecule has 10 nitrogen and oxygen atoms in total. The highest BCUT2D eigenvalue weighted by molar-refractivity contribution is 6.03. The number of nitrogens with two attached hydrogens (primary N) is 2. The van der Waals surface area contributed by atoms with E-state index in [1.165, 1.54) is 0 Å². The molecule has 3 aromatic rings. The summed E-state index contributed by atoms with van der Waals surface area (Å²) in [6, 6.07) is 5.14. The van der Waals surface area contributed by atoms with Crippen LogP contribution in [0.2, 0.25) is 0 Å². The van der Waals surface area contributed by atoms with Gasteiger partial charge in [-0.15, -0.1) is 0 Å². The van der Waals surface area contributed by atoms with Gasteiger partial charge in [0.1, 0.15) is 22.8 Å². The predicted octanol–water partition coefficient (Wildman–Crippen LogP) is 3.62. The molecule has 0 saturated carbocycles. The Morgan fingerprint density at radius 2 is 1.94 bits per heavy atom. The minimum atomic E-state index is -0.663. The number of nitrogen functional groups attached to an aromatic ring is 1. The number of hydrogen-bond acceptors (Lipinski definition) is 7. The van der Waals surface area contributed by atoms with Gasteiger partial charge in [-0.3, -0.25) is 14.6 Å². The lowest BCUT2D eigenvalue weighted by Gasteiger charge is -2.17. The molecule has 0 aliphatic rings. The van der Waals surface area contributed by atoms with Crippen molar-refractivity contribution in [1.82, 2.24) is 19.9 Å². The minimum Gasteiger partial charge on any atom is -0.383 e. The molecular weight excluding hydrogens is 422 g/mol. The highest BCUT2D eigenvalue weighted by Gasteiger charge is 2.26. The summed E-state index contributed by atoms with van der Waals surface area (Å²) in [5, 5.41) is 11.2. The van der Waals surface area contributed by atoms with Crippen molar-refractivity contribution in [2.45, 2.75) is 65.3 Å². The van der Waals surface area contributed by atoms with E-state index in [-0.39, 0.29) is 28.7 Å². The number of aromatic nitrogens is 4. The highest BCUT2D eigenvalue weighted by Crippen LogP contribution is 2.30. The molecule has 1 unspecified atom stereocenters. The second-order valence-electron chi connectivity index (χ2n) is 9.01. The molecule has 0 fully saturated rings. The van der Waals surface area contributed by atoms with Crippen LogP contribution in [0, 0.1) is 0 Å². The van der Waals surface area contributed by atoms with E-state index >= 15 is 0 Å². The fraction of sp³-hybridized carbons (Fsp3) is 0.435. The van der Waals surface area contributed by atoms with Crippen LogP contribution >= 0.6 is 0 Å². The summed E-state index contributed by atoms with van der Waals surface area (Å²) in [6.45, 7) is 11.7. The minimum absolute atomic E-state index is 0.0484. The van der Waals surface area contributed by atoms with Crippen molar-refractivity contribution < 1.29 is 14.1 Å². The van der Waals surface area contributed by atoms with Crippen molar-refractivity contribution >= 4 is 23.5 Å². The average molecular weight is 454 g/mol. The SMILES string of the molecule is CCC(C)(C)c1cc(NC(=O)C(C)c2ccc(-c3nn(C(C)C)c(N)c3C(N)=O)cn2)no1. The topological polar surface area (TPSA) is 155 Å². The fourth-order valence-electron chi connectivity index (χ4n) is 3.28. The molecule has 176 valence electrons. The summed E-state index contributed by atoms with van der Waals surface area (Å²) in [6.07, 6.45) is 2.43. The lowest BCUT2D eigenvalue weighted by atomic mass is 9.87. The van der Waals surface area contributed by atoms with E-state index in [9.17, 15) is 9.59 Å². The summed E-state index contributed by atoms with van der Waals surface area (Å²) < 4.78 is 6.94. The van der Waals surface area contributed by atoms with Gasteiger partial charge in [-0.05, 0) is 39.3 Å². The molecular formula is C23H31N7O3. The van der Waals surface area contributed by atoms with Crippen molar-refractivity contribution in [2.75, 3.05) is 11.1 Å². The lowest BCUT2D eigenvalue weighted by Crippen LogP contribution is -2.20. The molecule has 3 heterocycles. The number of nitrogens with one attached hydrogen (secondary N) is 1. The normalized spacial score (nSPS) is 12.7. The van der Waals surface area contributed by atoms with E-state index in [2.05, 4.69) is 41.3 Å². The van der Waals surface area contributed by atoms with E-state index in [0.29, 0.717) is 28.5 Å². The molecule has 0 aliphatic carbocycles. The van der Waals surface area contributed by atoms with Crippen LogP contribution in [0.3, 0.4) is 0 Å². The van der Waals surface area contributed by atoms with Gasteiger partial charge in [-0.2, -0.15) is 5.10 Å². The van der Waals surface area contributed by atoms with Crippen molar-refractivity contribution in [3.63, 3.8) is 0 Å². The molecule has 0 aromatic carbocycles. The third-order valence-electron chi connectivity index (χ3n) is 5.89. The van der Waals surface area contributed by atoms with E-state index in [0.717, 1.165) is 6.42 Å². The summed E-state index contributed by atoms with van der Waals surface area (Å²) in [4.78, 5) is 29.1. The zero-order valence-electron chi connectivity index (χ0n) is 19.8. The van der Waals surface area contributed by atoms with E-state index in [1.54, 1.807) is 36.0 Å². The molecule has 33 heavy (non-hydrogen) atoms. The van der Waals surface area contributed by atoms with E-state index < -0.39 is 11.8 Å².